The zero-order valence-corrected chi connectivity index (χ0v) is 8.45. The second-order valence-corrected chi connectivity index (χ2v) is 3.08. The van der Waals surface area contributed by atoms with Crippen molar-refractivity contribution in [2.45, 2.75) is 19.4 Å². The molecule has 1 atom stereocenters. The normalized spacial score (nSPS) is 12.8. The number of aryl methyl sites for hydroxylation is 1. The molecule has 0 aromatic carbocycles. The number of hydrogen-bond acceptors (Lipinski definition) is 3. The molecule has 0 saturated heterocycles. The molecule has 0 aliphatic carbocycles. The number of ether oxygens (including phenoxy) is 1. The Kier molecular flexibility index (Phi) is 3.76. The lowest BCUT2D eigenvalue weighted by atomic mass is 10.2. The van der Waals surface area contributed by atoms with Gasteiger partial charge in [0.1, 0.15) is 5.82 Å². The molecule has 1 unspecified atom stereocenters. The van der Waals surface area contributed by atoms with Crippen LogP contribution in [0.15, 0.2) is 12.3 Å². The Labute approximate surface area is 78.9 Å². The second-order valence-electron chi connectivity index (χ2n) is 3.08. The van der Waals surface area contributed by atoms with Crippen molar-refractivity contribution in [1.82, 2.24) is 9.78 Å². The average molecular weight is 183 g/mol. The first-order valence-electron chi connectivity index (χ1n) is 4.51. The number of rotatable bonds is 5. The summed E-state index contributed by atoms with van der Waals surface area (Å²) in [5, 5.41) is 7.52. The molecule has 1 aromatic heterocycles. The van der Waals surface area contributed by atoms with Crippen LogP contribution < -0.4 is 5.32 Å². The highest BCUT2D eigenvalue weighted by molar-refractivity contribution is 5.33. The van der Waals surface area contributed by atoms with Crippen LogP contribution in [-0.2, 0) is 11.8 Å². The van der Waals surface area contributed by atoms with Crippen molar-refractivity contribution in [2.75, 3.05) is 19.0 Å². The summed E-state index contributed by atoms with van der Waals surface area (Å²) in [5.74, 6) is 0.909. The predicted molar refractivity (Wildman–Crippen MR) is 52.8 cm³/mol. The maximum absolute atomic E-state index is 5.08. The fourth-order valence-corrected chi connectivity index (χ4v) is 1.16. The maximum atomic E-state index is 5.08. The standard InChI is InChI=1S/C9H17N3O/c1-4-8(7-13-3)10-9-5-6-12(2)11-9/h5-6,8H,4,7H2,1-3H3,(H,10,11). The zero-order chi connectivity index (χ0) is 9.68. The molecule has 1 N–H and O–H groups in total. The lowest BCUT2D eigenvalue weighted by Gasteiger charge is -2.14. The van der Waals surface area contributed by atoms with Gasteiger partial charge in [-0.15, -0.1) is 0 Å². The minimum Gasteiger partial charge on any atom is -0.383 e. The van der Waals surface area contributed by atoms with Gasteiger partial charge in [0.15, 0.2) is 0 Å². The predicted octanol–water partition coefficient (Wildman–Crippen LogP) is 1.26. The lowest BCUT2D eigenvalue weighted by molar-refractivity contribution is 0.184. The summed E-state index contributed by atoms with van der Waals surface area (Å²) < 4.78 is 6.86. The van der Waals surface area contributed by atoms with E-state index in [1.165, 1.54) is 0 Å². The molecule has 74 valence electrons. The van der Waals surface area contributed by atoms with Crippen LogP contribution in [0.4, 0.5) is 5.82 Å². The van der Waals surface area contributed by atoms with Crippen molar-refractivity contribution in [3.05, 3.63) is 12.3 Å². The van der Waals surface area contributed by atoms with E-state index in [0.717, 1.165) is 12.2 Å². The van der Waals surface area contributed by atoms with Crippen LogP contribution in [0.3, 0.4) is 0 Å². The van der Waals surface area contributed by atoms with Crippen LogP contribution in [-0.4, -0.2) is 29.5 Å². The highest BCUT2D eigenvalue weighted by Gasteiger charge is 2.06. The van der Waals surface area contributed by atoms with E-state index in [4.69, 9.17) is 4.74 Å². The van der Waals surface area contributed by atoms with Crippen molar-refractivity contribution in [3.63, 3.8) is 0 Å². The van der Waals surface area contributed by atoms with E-state index in [2.05, 4.69) is 17.3 Å². The van der Waals surface area contributed by atoms with E-state index >= 15 is 0 Å². The molecule has 0 saturated carbocycles. The molecule has 4 nitrogen and oxygen atoms in total. The van der Waals surface area contributed by atoms with E-state index in [9.17, 15) is 0 Å². The van der Waals surface area contributed by atoms with Gasteiger partial charge in [0.25, 0.3) is 0 Å². The molecule has 0 bridgehead atoms. The monoisotopic (exact) mass is 183 g/mol. The number of anilines is 1. The Morgan fingerprint density at radius 3 is 2.92 bits per heavy atom. The molecule has 1 aromatic rings. The summed E-state index contributed by atoms with van der Waals surface area (Å²) in [7, 11) is 3.62. The Bertz CT molecular complexity index is 247. The van der Waals surface area contributed by atoms with Gasteiger partial charge in [0, 0.05) is 26.4 Å². The van der Waals surface area contributed by atoms with E-state index in [0.29, 0.717) is 12.6 Å². The number of nitrogens with one attached hydrogen (secondary N) is 1. The van der Waals surface area contributed by atoms with Gasteiger partial charge in [0.2, 0.25) is 0 Å². The zero-order valence-electron chi connectivity index (χ0n) is 8.45. The van der Waals surface area contributed by atoms with Crippen LogP contribution in [0.5, 0.6) is 0 Å². The highest BCUT2D eigenvalue weighted by Crippen LogP contribution is 2.05. The Balaban J connectivity index is 2.46. The molecule has 1 rings (SSSR count). The van der Waals surface area contributed by atoms with Gasteiger partial charge in [-0.2, -0.15) is 5.10 Å². The fraction of sp³-hybridized carbons (Fsp3) is 0.667. The third-order valence-corrected chi connectivity index (χ3v) is 1.93. The van der Waals surface area contributed by atoms with Crippen LogP contribution in [0.1, 0.15) is 13.3 Å². The molecule has 0 spiro atoms. The Morgan fingerprint density at radius 1 is 1.69 bits per heavy atom. The first-order valence-corrected chi connectivity index (χ1v) is 4.51. The molecule has 0 radical (unpaired) electrons. The SMILES string of the molecule is CCC(COC)Nc1ccn(C)n1. The van der Waals surface area contributed by atoms with Crippen molar-refractivity contribution >= 4 is 5.82 Å². The number of hydrogen-bond donors (Lipinski definition) is 1. The van der Waals surface area contributed by atoms with Gasteiger partial charge in [-0.1, -0.05) is 6.92 Å². The number of nitrogens with zero attached hydrogens (tertiary/aromatic N) is 2. The maximum Gasteiger partial charge on any atom is 0.148 e. The van der Waals surface area contributed by atoms with Gasteiger partial charge in [0.05, 0.1) is 12.6 Å². The molecule has 0 amide bonds. The van der Waals surface area contributed by atoms with Crippen LogP contribution in [0.2, 0.25) is 0 Å². The third-order valence-electron chi connectivity index (χ3n) is 1.93. The average Bonchev–Trinajstić information content (AvgIpc) is 2.50. The van der Waals surface area contributed by atoms with Gasteiger partial charge in [-0.25, -0.2) is 0 Å². The summed E-state index contributed by atoms with van der Waals surface area (Å²) in [6.45, 7) is 2.84. The summed E-state index contributed by atoms with van der Waals surface area (Å²) in [5.41, 5.74) is 0. The summed E-state index contributed by atoms with van der Waals surface area (Å²) in [6, 6.07) is 2.30. The van der Waals surface area contributed by atoms with Crippen LogP contribution in [0, 0.1) is 0 Å². The van der Waals surface area contributed by atoms with Gasteiger partial charge in [-0.05, 0) is 6.42 Å². The number of methoxy groups -OCH3 is 1. The van der Waals surface area contributed by atoms with Crippen molar-refractivity contribution in [2.24, 2.45) is 7.05 Å². The van der Waals surface area contributed by atoms with E-state index in [1.54, 1.807) is 11.8 Å². The molecule has 1 heterocycles. The summed E-state index contributed by atoms with van der Waals surface area (Å²) >= 11 is 0. The minimum atomic E-state index is 0.347. The van der Waals surface area contributed by atoms with Gasteiger partial charge < -0.3 is 10.1 Å². The highest BCUT2D eigenvalue weighted by atomic mass is 16.5. The molecule has 0 fully saturated rings. The quantitative estimate of drug-likeness (QED) is 0.747. The molecular formula is C9H17N3O. The Hall–Kier alpha value is -1.03. The van der Waals surface area contributed by atoms with Gasteiger partial charge >= 0.3 is 0 Å². The van der Waals surface area contributed by atoms with E-state index < -0.39 is 0 Å². The van der Waals surface area contributed by atoms with Crippen LogP contribution in [0.25, 0.3) is 0 Å². The smallest absolute Gasteiger partial charge is 0.148 e. The van der Waals surface area contributed by atoms with E-state index in [-0.39, 0.29) is 0 Å². The number of aromatic nitrogens is 2. The topological polar surface area (TPSA) is 39.1 Å². The molecular weight excluding hydrogens is 166 g/mol. The summed E-state index contributed by atoms with van der Waals surface area (Å²) in [6.07, 6.45) is 2.95. The van der Waals surface area contributed by atoms with Crippen molar-refractivity contribution in [3.8, 4) is 0 Å². The fourth-order valence-electron chi connectivity index (χ4n) is 1.16. The molecule has 4 heteroatoms. The first kappa shape index (κ1) is 10.1. The van der Waals surface area contributed by atoms with Crippen molar-refractivity contribution in [1.29, 1.82) is 0 Å². The van der Waals surface area contributed by atoms with Gasteiger partial charge in [-0.3, -0.25) is 4.68 Å². The third kappa shape index (κ3) is 3.06. The summed E-state index contributed by atoms with van der Waals surface area (Å²) in [4.78, 5) is 0. The molecule has 0 aliphatic rings. The van der Waals surface area contributed by atoms with Crippen LogP contribution >= 0.6 is 0 Å². The second kappa shape index (κ2) is 4.87. The first-order chi connectivity index (χ1) is 6.26. The molecule has 0 aliphatic heterocycles. The largest absolute Gasteiger partial charge is 0.383 e. The Morgan fingerprint density at radius 2 is 2.46 bits per heavy atom. The molecule has 13 heavy (non-hydrogen) atoms. The van der Waals surface area contributed by atoms with Crippen molar-refractivity contribution < 1.29 is 4.74 Å². The minimum absolute atomic E-state index is 0.347. The van der Waals surface area contributed by atoms with E-state index in [1.807, 2.05) is 19.3 Å². The lowest BCUT2D eigenvalue weighted by Crippen LogP contribution is -2.24.